The van der Waals surface area contributed by atoms with Crippen molar-refractivity contribution in [1.29, 1.82) is 0 Å². The molecule has 0 aliphatic heterocycles. The predicted octanol–water partition coefficient (Wildman–Crippen LogP) is 1.54. The SMILES string of the molecule is O=COCCc1cccc(F)c1. The zero-order valence-corrected chi connectivity index (χ0v) is 6.50. The number of ether oxygens (including phenoxy) is 1. The predicted molar refractivity (Wildman–Crippen MR) is 42.1 cm³/mol. The molecule has 0 fully saturated rings. The monoisotopic (exact) mass is 168 g/mol. The van der Waals surface area contributed by atoms with Gasteiger partial charge in [-0.05, 0) is 17.7 Å². The summed E-state index contributed by atoms with van der Waals surface area (Å²) in [5, 5.41) is 0. The quantitative estimate of drug-likeness (QED) is 0.503. The van der Waals surface area contributed by atoms with Crippen LogP contribution in [-0.2, 0) is 16.0 Å². The Balaban J connectivity index is 2.46. The maximum Gasteiger partial charge on any atom is 0.293 e. The lowest BCUT2D eigenvalue weighted by Gasteiger charge is -1.99. The minimum atomic E-state index is -0.265. The Morgan fingerprint density at radius 1 is 1.50 bits per heavy atom. The number of carbonyl (C=O) groups excluding carboxylic acids is 1. The highest BCUT2D eigenvalue weighted by molar-refractivity contribution is 5.36. The van der Waals surface area contributed by atoms with E-state index in [1.165, 1.54) is 12.1 Å². The first-order valence-electron chi connectivity index (χ1n) is 3.62. The first-order chi connectivity index (χ1) is 5.83. The molecule has 64 valence electrons. The van der Waals surface area contributed by atoms with Gasteiger partial charge in [-0.25, -0.2) is 4.39 Å². The number of halogens is 1. The van der Waals surface area contributed by atoms with Crippen LogP contribution in [0.5, 0.6) is 0 Å². The van der Waals surface area contributed by atoms with E-state index in [0.717, 1.165) is 5.56 Å². The smallest absolute Gasteiger partial charge is 0.293 e. The molecule has 0 heterocycles. The van der Waals surface area contributed by atoms with Crippen LogP contribution in [0.3, 0.4) is 0 Å². The van der Waals surface area contributed by atoms with Crippen molar-refractivity contribution >= 4 is 6.47 Å². The molecule has 0 radical (unpaired) electrons. The molecule has 0 unspecified atom stereocenters. The van der Waals surface area contributed by atoms with Gasteiger partial charge in [-0.1, -0.05) is 12.1 Å². The van der Waals surface area contributed by atoms with Gasteiger partial charge < -0.3 is 4.74 Å². The van der Waals surface area contributed by atoms with Crippen LogP contribution < -0.4 is 0 Å². The Bertz CT molecular complexity index is 260. The summed E-state index contributed by atoms with van der Waals surface area (Å²) in [5.41, 5.74) is 0.830. The van der Waals surface area contributed by atoms with Crippen LogP contribution in [0.1, 0.15) is 5.56 Å². The van der Waals surface area contributed by atoms with Crippen molar-refractivity contribution in [3.05, 3.63) is 35.6 Å². The first kappa shape index (κ1) is 8.71. The molecule has 0 bridgehead atoms. The fourth-order valence-electron chi connectivity index (χ4n) is 0.917. The van der Waals surface area contributed by atoms with Crippen LogP contribution in [-0.4, -0.2) is 13.1 Å². The van der Waals surface area contributed by atoms with E-state index in [2.05, 4.69) is 4.74 Å². The van der Waals surface area contributed by atoms with Crippen LogP contribution in [0.15, 0.2) is 24.3 Å². The minimum Gasteiger partial charge on any atom is -0.468 e. The maximum absolute atomic E-state index is 12.6. The lowest BCUT2D eigenvalue weighted by molar-refractivity contribution is -0.128. The van der Waals surface area contributed by atoms with E-state index in [4.69, 9.17) is 0 Å². The van der Waals surface area contributed by atoms with Crippen molar-refractivity contribution in [2.45, 2.75) is 6.42 Å². The largest absolute Gasteiger partial charge is 0.468 e. The molecule has 0 spiro atoms. The highest BCUT2D eigenvalue weighted by Gasteiger charge is 1.94. The fourth-order valence-corrected chi connectivity index (χ4v) is 0.917. The lowest BCUT2D eigenvalue weighted by atomic mass is 10.2. The van der Waals surface area contributed by atoms with E-state index in [1.54, 1.807) is 12.1 Å². The molecular weight excluding hydrogens is 159 g/mol. The van der Waals surface area contributed by atoms with Crippen molar-refractivity contribution in [1.82, 2.24) is 0 Å². The van der Waals surface area contributed by atoms with Crippen molar-refractivity contribution in [3.8, 4) is 0 Å². The molecule has 12 heavy (non-hydrogen) atoms. The van der Waals surface area contributed by atoms with E-state index < -0.39 is 0 Å². The molecule has 1 aromatic carbocycles. The van der Waals surface area contributed by atoms with Crippen LogP contribution in [0, 0.1) is 5.82 Å². The Labute approximate surface area is 70.0 Å². The summed E-state index contributed by atoms with van der Waals surface area (Å²) in [4.78, 5) is 9.77. The second-order valence-electron chi connectivity index (χ2n) is 2.35. The topological polar surface area (TPSA) is 26.3 Å². The maximum atomic E-state index is 12.6. The molecule has 0 N–H and O–H groups in total. The number of hydrogen-bond donors (Lipinski definition) is 0. The molecule has 1 rings (SSSR count). The summed E-state index contributed by atoms with van der Waals surface area (Å²) >= 11 is 0. The summed E-state index contributed by atoms with van der Waals surface area (Å²) in [6, 6.07) is 6.22. The van der Waals surface area contributed by atoms with E-state index in [-0.39, 0.29) is 5.82 Å². The Morgan fingerprint density at radius 2 is 2.33 bits per heavy atom. The normalized spacial score (nSPS) is 9.42. The molecule has 0 aliphatic rings. The van der Waals surface area contributed by atoms with Gasteiger partial charge in [0.1, 0.15) is 5.82 Å². The summed E-state index contributed by atoms with van der Waals surface area (Å²) < 4.78 is 17.0. The zero-order valence-electron chi connectivity index (χ0n) is 6.50. The van der Waals surface area contributed by atoms with Crippen LogP contribution in [0.4, 0.5) is 4.39 Å². The Kier molecular flexibility index (Phi) is 3.26. The van der Waals surface area contributed by atoms with Gasteiger partial charge in [0, 0.05) is 6.42 Å². The molecule has 3 heteroatoms. The standard InChI is InChI=1S/C9H9FO2/c10-9-3-1-2-8(6-9)4-5-12-7-11/h1-3,6-7H,4-5H2. The van der Waals surface area contributed by atoms with Gasteiger partial charge in [0.2, 0.25) is 0 Å². The van der Waals surface area contributed by atoms with E-state index >= 15 is 0 Å². The molecule has 0 amide bonds. The number of carbonyl (C=O) groups is 1. The highest BCUT2D eigenvalue weighted by Crippen LogP contribution is 2.03. The zero-order chi connectivity index (χ0) is 8.81. The molecule has 0 aromatic heterocycles. The van der Waals surface area contributed by atoms with E-state index in [0.29, 0.717) is 19.5 Å². The molecule has 1 aromatic rings. The number of hydrogen-bond acceptors (Lipinski definition) is 2. The van der Waals surface area contributed by atoms with Gasteiger partial charge >= 0.3 is 0 Å². The number of rotatable bonds is 4. The van der Waals surface area contributed by atoms with Crippen molar-refractivity contribution in [3.63, 3.8) is 0 Å². The molecule has 0 aliphatic carbocycles. The van der Waals surface area contributed by atoms with Crippen LogP contribution in [0.25, 0.3) is 0 Å². The first-order valence-corrected chi connectivity index (χ1v) is 3.62. The van der Waals surface area contributed by atoms with Crippen molar-refractivity contribution in [2.24, 2.45) is 0 Å². The third-order valence-corrected chi connectivity index (χ3v) is 1.47. The fraction of sp³-hybridized carbons (Fsp3) is 0.222. The van der Waals surface area contributed by atoms with Gasteiger partial charge in [0.15, 0.2) is 0 Å². The molecule has 0 saturated carbocycles. The third kappa shape index (κ3) is 2.70. The molecule has 2 nitrogen and oxygen atoms in total. The van der Waals surface area contributed by atoms with E-state index in [1.807, 2.05) is 0 Å². The Hall–Kier alpha value is -1.38. The van der Waals surface area contributed by atoms with Gasteiger partial charge in [-0.15, -0.1) is 0 Å². The summed E-state index contributed by atoms with van der Waals surface area (Å²) in [6.07, 6.45) is 0.552. The van der Waals surface area contributed by atoms with Gasteiger partial charge in [0.25, 0.3) is 6.47 Å². The molecule has 0 saturated heterocycles. The van der Waals surface area contributed by atoms with Crippen LogP contribution in [0.2, 0.25) is 0 Å². The van der Waals surface area contributed by atoms with Gasteiger partial charge in [-0.2, -0.15) is 0 Å². The second-order valence-corrected chi connectivity index (χ2v) is 2.35. The Morgan fingerprint density at radius 3 is 3.00 bits per heavy atom. The van der Waals surface area contributed by atoms with Crippen molar-refractivity contribution < 1.29 is 13.9 Å². The van der Waals surface area contributed by atoms with Gasteiger partial charge in [0.05, 0.1) is 6.61 Å². The summed E-state index contributed by atoms with van der Waals surface area (Å²) in [5.74, 6) is -0.265. The van der Waals surface area contributed by atoms with Gasteiger partial charge in [-0.3, -0.25) is 4.79 Å². The highest BCUT2D eigenvalue weighted by atomic mass is 19.1. The molecular formula is C9H9FO2. The molecule has 0 atom stereocenters. The van der Waals surface area contributed by atoms with Crippen LogP contribution >= 0.6 is 0 Å². The average Bonchev–Trinajstić information content (AvgIpc) is 2.05. The third-order valence-electron chi connectivity index (χ3n) is 1.47. The average molecular weight is 168 g/mol. The summed E-state index contributed by atoms with van der Waals surface area (Å²) in [6.45, 7) is 0.687. The number of benzene rings is 1. The minimum absolute atomic E-state index is 0.265. The van der Waals surface area contributed by atoms with Crippen molar-refractivity contribution in [2.75, 3.05) is 6.61 Å². The second kappa shape index (κ2) is 4.49. The lowest BCUT2D eigenvalue weighted by Crippen LogP contribution is -1.96. The summed E-state index contributed by atoms with van der Waals surface area (Å²) in [7, 11) is 0. The van der Waals surface area contributed by atoms with E-state index in [9.17, 15) is 9.18 Å².